The molecular weight excluding hydrogens is 416 g/mol. The number of fused-ring (bicyclic) bond motifs is 2. The van der Waals surface area contributed by atoms with E-state index < -0.39 is 5.60 Å². The first kappa shape index (κ1) is 19.2. The highest BCUT2D eigenvalue weighted by Gasteiger charge is 2.66. The summed E-state index contributed by atoms with van der Waals surface area (Å²) < 4.78 is 14.0. The van der Waals surface area contributed by atoms with Crippen LogP contribution in [-0.4, -0.2) is 44.5 Å². The van der Waals surface area contributed by atoms with Crippen molar-refractivity contribution in [3.8, 4) is 0 Å². The summed E-state index contributed by atoms with van der Waals surface area (Å²) in [6, 6.07) is 13.0. The van der Waals surface area contributed by atoms with Gasteiger partial charge in [-0.1, -0.05) is 30.3 Å². The number of anilines is 1. The van der Waals surface area contributed by atoms with Crippen molar-refractivity contribution in [2.75, 3.05) is 24.6 Å². The van der Waals surface area contributed by atoms with Crippen LogP contribution in [0.25, 0.3) is 5.65 Å². The molecule has 3 aromatic heterocycles. The third kappa shape index (κ3) is 2.80. The summed E-state index contributed by atoms with van der Waals surface area (Å²) in [5.41, 5.74) is 4.04. The van der Waals surface area contributed by atoms with Gasteiger partial charge in [-0.3, -0.25) is 0 Å². The summed E-state index contributed by atoms with van der Waals surface area (Å²) in [6.45, 7) is 6.67. The molecule has 4 aromatic rings. The van der Waals surface area contributed by atoms with Crippen LogP contribution in [0, 0.1) is 19.8 Å². The Balaban J connectivity index is 1.21. The highest BCUT2D eigenvalue weighted by molar-refractivity contribution is 5.58. The van der Waals surface area contributed by atoms with E-state index in [1.807, 2.05) is 11.4 Å². The zero-order valence-corrected chi connectivity index (χ0v) is 18.8. The molecule has 4 aliphatic rings. The van der Waals surface area contributed by atoms with Crippen LogP contribution in [0.1, 0.15) is 53.4 Å². The number of pyridine rings is 1. The van der Waals surface area contributed by atoms with Crippen LogP contribution in [0.2, 0.25) is 0 Å². The Bertz CT molecular complexity index is 1340. The fourth-order valence-corrected chi connectivity index (χ4v) is 6.02. The van der Waals surface area contributed by atoms with E-state index >= 15 is 0 Å². The molecular formula is C25H26N6O2. The Morgan fingerprint density at radius 2 is 2.00 bits per heavy atom. The van der Waals surface area contributed by atoms with Gasteiger partial charge in [-0.25, -0.2) is 9.50 Å². The van der Waals surface area contributed by atoms with Gasteiger partial charge in [-0.05, 0) is 37.0 Å². The predicted octanol–water partition coefficient (Wildman–Crippen LogP) is 3.75. The number of aryl methyl sites for hydroxylation is 2. The predicted molar refractivity (Wildman–Crippen MR) is 121 cm³/mol. The minimum absolute atomic E-state index is 0.0288. The molecule has 8 rings (SSSR count). The Hall–Kier alpha value is -3.26. The van der Waals surface area contributed by atoms with Gasteiger partial charge in [-0.2, -0.15) is 0 Å². The second-order valence-corrected chi connectivity index (χ2v) is 9.73. The zero-order chi connectivity index (χ0) is 22.2. The molecule has 1 aromatic carbocycles. The highest BCUT2D eigenvalue weighted by Crippen LogP contribution is 2.63. The summed E-state index contributed by atoms with van der Waals surface area (Å²) >= 11 is 0. The van der Waals surface area contributed by atoms with E-state index in [4.69, 9.17) is 19.2 Å². The monoisotopic (exact) mass is 442 g/mol. The van der Waals surface area contributed by atoms with Crippen LogP contribution in [0.4, 0.5) is 5.69 Å². The van der Waals surface area contributed by atoms with Crippen molar-refractivity contribution in [3.05, 3.63) is 71.3 Å². The number of benzene rings is 1. The third-order valence-corrected chi connectivity index (χ3v) is 7.71. The molecule has 0 N–H and O–H groups in total. The van der Waals surface area contributed by atoms with E-state index in [9.17, 15) is 0 Å². The van der Waals surface area contributed by atoms with Crippen molar-refractivity contribution < 1.29 is 9.15 Å². The molecule has 3 saturated heterocycles. The topological polar surface area (TPSA) is 81.6 Å². The third-order valence-electron chi connectivity index (χ3n) is 7.71. The van der Waals surface area contributed by atoms with Crippen molar-refractivity contribution in [3.63, 3.8) is 0 Å². The smallest absolute Gasteiger partial charge is 0.223 e. The molecule has 4 atom stereocenters. The van der Waals surface area contributed by atoms with Crippen molar-refractivity contribution >= 4 is 11.3 Å². The molecule has 1 saturated carbocycles. The average Bonchev–Trinajstić information content (AvgIpc) is 3.61. The first-order valence-corrected chi connectivity index (χ1v) is 11.7. The van der Waals surface area contributed by atoms with Gasteiger partial charge in [0.2, 0.25) is 11.8 Å². The lowest BCUT2D eigenvalue weighted by molar-refractivity contribution is -0.0399. The van der Waals surface area contributed by atoms with E-state index in [1.165, 1.54) is 11.3 Å². The van der Waals surface area contributed by atoms with E-state index in [2.05, 4.69) is 64.6 Å². The normalized spacial score (nSPS) is 28.5. The van der Waals surface area contributed by atoms with Crippen LogP contribution in [-0.2, 0) is 10.3 Å². The van der Waals surface area contributed by atoms with Crippen molar-refractivity contribution in [2.45, 2.75) is 44.1 Å². The minimum Gasteiger partial charge on any atom is -0.425 e. The largest absolute Gasteiger partial charge is 0.425 e. The number of hydrogen-bond acceptors (Lipinski definition) is 7. The van der Waals surface area contributed by atoms with Gasteiger partial charge in [0.05, 0.1) is 24.4 Å². The van der Waals surface area contributed by atoms with Crippen molar-refractivity contribution in [1.82, 2.24) is 24.8 Å². The Morgan fingerprint density at radius 1 is 1.12 bits per heavy atom. The Morgan fingerprint density at radius 3 is 2.79 bits per heavy atom. The van der Waals surface area contributed by atoms with Gasteiger partial charge in [0.25, 0.3) is 0 Å². The van der Waals surface area contributed by atoms with Crippen LogP contribution >= 0.6 is 0 Å². The number of aromatic nitrogens is 5. The Labute approximate surface area is 191 Å². The molecule has 4 fully saturated rings. The first-order chi connectivity index (χ1) is 16.1. The molecule has 1 aliphatic carbocycles. The lowest BCUT2D eigenvalue weighted by atomic mass is 9.63. The lowest BCUT2D eigenvalue weighted by Gasteiger charge is -2.40. The highest BCUT2D eigenvalue weighted by atomic mass is 16.5. The standard InChI is InChI=1S/C25H26N6O2/c1-15-10-20(30-9-8-18(12-30)17-6-4-3-5-7-17)13-31-22(15)26-24(29-31)25-11-19(14-32-25)21(25)23-28-27-16(2)33-23/h3-7,10,13,18-19,21H,8-9,11-12,14H2,1-2H3/t18-,19?,21?,25?/m0/s1. The fraction of sp³-hybridized carbons (Fsp3) is 0.440. The van der Waals surface area contributed by atoms with Gasteiger partial charge in [0, 0.05) is 31.8 Å². The molecule has 8 heteroatoms. The van der Waals surface area contributed by atoms with Crippen LogP contribution < -0.4 is 4.90 Å². The maximum Gasteiger partial charge on any atom is 0.223 e. The van der Waals surface area contributed by atoms with Gasteiger partial charge in [-0.15, -0.1) is 15.3 Å². The molecule has 3 unspecified atom stereocenters. The second-order valence-electron chi connectivity index (χ2n) is 9.73. The number of hydrogen-bond donors (Lipinski definition) is 0. The molecule has 2 bridgehead atoms. The van der Waals surface area contributed by atoms with Gasteiger partial charge in [0.1, 0.15) is 5.60 Å². The van der Waals surface area contributed by atoms with E-state index in [1.54, 1.807) is 0 Å². The molecule has 3 aliphatic heterocycles. The SMILES string of the molecule is Cc1nnc(C2C3COC2(c2nc4c(C)cc(N5CC[C@H](c6ccccc6)C5)cn4n2)C3)o1. The first-order valence-electron chi connectivity index (χ1n) is 11.7. The average molecular weight is 443 g/mol. The van der Waals surface area contributed by atoms with E-state index in [0.717, 1.165) is 43.0 Å². The molecule has 0 radical (unpaired) electrons. The lowest BCUT2D eigenvalue weighted by Crippen LogP contribution is -2.44. The molecule has 8 nitrogen and oxygen atoms in total. The van der Waals surface area contributed by atoms with Crippen LogP contribution in [0.5, 0.6) is 0 Å². The molecule has 168 valence electrons. The quantitative estimate of drug-likeness (QED) is 0.476. The summed E-state index contributed by atoms with van der Waals surface area (Å²) in [5.74, 6) is 2.91. The van der Waals surface area contributed by atoms with Gasteiger partial charge in [0.15, 0.2) is 11.5 Å². The van der Waals surface area contributed by atoms with Crippen molar-refractivity contribution in [1.29, 1.82) is 0 Å². The minimum atomic E-state index is -0.561. The molecule has 6 heterocycles. The second kappa shape index (κ2) is 6.87. The van der Waals surface area contributed by atoms with Crippen LogP contribution in [0.15, 0.2) is 47.0 Å². The van der Waals surface area contributed by atoms with Gasteiger partial charge >= 0.3 is 0 Å². The van der Waals surface area contributed by atoms with Gasteiger partial charge < -0.3 is 14.1 Å². The number of nitrogens with zero attached hydrogens (tertiary/aromatic N) is 6. The number of rotatable bonds is 4. The fourth-order valence-electron chi connectivity index (χ4n) is 6.02. The summed E-state index contributed by atoms with van der Waals surface area (Å²) in [6.07, 6.45) is 4.17. The zero-order valence-electron chi connectivity index (χ0n) is 18.8. The molecule has 33 heavy (non-hydrogen) atoms. The maximum absolute atomic E-state index is 6.26. The number of ether oxygens (including phenoxy) is 1. The summed E-state index contributed by atoms with van der Waals surface area (Å²) in [7, 11) is 0. The summed E-state index contributed by atoms with van der Waals surface area (Å²) in [4.78, 5) is 7.39. The molecule has 0 spiro atoms. The van der Waals surface area contributed by atoms with E-state index in [0.29, 0.717) is 30.2 Å². The van der Waals surface area contributed by atoms with Crippen molar-refractivity contribution in [2.24, 2.45) is 5.92 Å². The van der Waals surface area contributed by atoms with Crippen LogP contribution in [0.3, 0.4) is 0 Å². The van der Waals surface area contributed by atoms with E-state index in [-0.39, 0.29) is 5.92 Å². The maximum atomic E-state index is 6.26. The summed E-state index contributed by atoms with van der Waals surface area (Å²) in [5, 5.41) is 13.2. The molecule has 0 amide bonds. The Kier molecular flexibility index (Phi) is 4.00.